The molecule has 0 radical (unpaired) electrons. The molecule has 0 saturated heterocycles. The van der Waals surface area contributed by atoms with Crippen LogP contribution in [0, 0.1) is 5.82 Å². The number of anilines is 1. The third-order valence-electron chi connectivity index (χ3n) is 3.98. The Morgan fingerprint density at radius 2 is 1.71 bits per heavy atom. The number of hydrogen-bond donors (Lipinski definition) is 1. The average Bonchev–Trinajstić information content (AvgIpc) is 2.67. The van der Waals surface area contributed by atoms with Gasteiger partial charge in [0.15, 0.2) is 11.5 Å². The van der Waals surface area contributed by atoms with Crippen LogP contribution in [-0.4, -0.2) is 6.61 Å². The van der Waals surface area contributed by atoms with Crippen LogP contribution in [0.25, 0.3) is 0 Å². The van der Waals surface area contributed by atoms with Crippen LogP contribution in [0.2, 0.25) is 0 Å². The Labute approximate surface area is 181 Å². The van der Waals surface area contributed by atoms with Gasteiger partial charge in [-0.25, -0.2) is 4.39 Å². The largest absolute Gasteiger partial charge is 0.490 e. The van der Waals surface area contributed by atoms with Crippen LogP contribution in [-0.2, 0) is 13.2 Å². The van der Waals surface area contributed by atoms with Crippen molar-refractivity contribution in [3.63, 3.8) is 0 Å². The van der Waals surface area contributed by atoms with Crippen molar-refractivity contribution in [2.24, 2.45) is 0 Å². The van der Waals surface area contributed by atoms with Gasteiger partial charge < -0.3 is 14.8 Å². The van der Waals surface area contributed by atoms with Gasteiger partial charge in [-0.2, -0.15) is 0 Å². The first-order chi connectivity index (χ1) is 13.5. The molecule has 28 heavy (non-hydrogen) atoms. The van der Waals surface area contributed by atoms with Crippen LogP contribution in [0.3, 0.4) is 0 Å². The van der Waals surface area contributed by atoms with Gasteiger partial charge in [-0.05, 0) is 82.5 Å². The normalized spacial score (nSPS) is 10.6. The van der Waals surface area contributed by atoms with Crippen LogP contribution in [0.1, 0.15) is 18.1 Å². The highest BCUT2D eigenvalue weighted by Crippen LogP contribution is 2.37. The van der Waals surface area contributed by atoms with Gasteiger partial charge in [0.1, 0.15) is 12.4 Å². The zero-order valence-corrected chi connectivity index (χ0v) is 18.5. The lowest BCUT2D eigenvalue weighted by molar-refractivity contribution is 0.267. The van der Waals surface area contributed by atoms with E-state index in [0.717, 1.165) is 25.8 Å². The number of hydrogen-bond acceptors (Lipinski definition) is 3. The minimum absolute atomic E-state index is 0.257. The zero-order chi connectivity index (χ0) is 19.9. The van der Waals surface area contributed by atoms with Crippen molar-refractivity contribution in [2.45, 2.75) is 20.1 Å². The molecule has 0 fully saturated rings. The summed E-state index contributed by atoms with van der Waals surface area (Å²) in [6.07, 6.45) is 0. The summed E-state index contributed by atoms with van der Waals surface area (Å²) in [5, 5.41) is 3.39. The Morgan fingerprint density at radius 1 is 0.929 bits per heavy atom. The van der Waals surface area contributed by atoms with Crippen molar-refractivity contribution in [2.75, 3.05) is 11.9 Å². The predicted molar refractivity (Wildman–Crippen MR) is 118 cm³/mol. The van der Waals surface area contributed by atoms with E-state index in [1.54, 1.807) is 6.07 Å². The zero-order valence-electron chi connectivity index (χ0n) is 15.3. The molecule has 3 aromatic rings. The number of halogens is 3. The Morgan fingerprint density at radius 3 is 2.43 bits per heavy atom. The summed E-state index contributed by atoms with van der Waals surface area (Å²) >= 11 is 7.01. The number of benzene rings is 3. The highest BCUT2D eigenvalue weighted by Gasteiger charge is 2.13. The first-order valence-electron chi connectivity index (χ1n) is 8.87. The van der Waals surface area contributed by atoms with E-state index in [-0.39, 0.29) is 12.4 Å². The lowest BCUT2D eigenvalue weighted by Gasteiger charge is -2.16. The molecule has 0 unspecified atom stereocenters. The smallest absolute Gasteiger partial charge is 0.175 e. The van der Waals surface area contributed by atoms with Crippen molar-refractivity contribution in [3.05, 3.63) is 86.6 Å². The summed E-state index contributed by atoms with van der Waals surface area (Å²) in [6, 6.07) is 18.3. The van der Waals surface area contributed by atoms with Crippen LogP contribution in [0.15, 0.2) is 69.6 Å². The minimum atomic E-state index is -0.278. The first kappa shape index (κ1) is 20.7. The summed E-state index contributed by atoms with van der Waals surface area (Å²) in [4.78, 5) is 0. The fraction of sp³-hybridized carbons (Fsp3) is 0.182. The van der Waals surface area contributed by atoms with Gasteiger partial charge in [-0.1, -0.05) is 28.1 Å². The molecule has 3 rings (SSSR count). The van der Waals surface area contributed by atoms with Crippen molar-refractivity contribution < 1.29 is 13.9 Å². The second kappa shape index (κ2) is 9.94. The fourth-order valence-electron chi connectivity index (χ4n) is 2.68. The molecular formula is C22H20Br2FNO2. The van der Waals surface area contributed by atoms with Crippen LogP contribution >= 0.6 is 31.9 Å². The molecule has 6 heteroatoms. The van der Waals surface area contributed by atoms with Gasteiger partial charge in [0.05, 0.1) is 11.1 Å². The maximum absolute atomic E-state index is 13.4. The average molecular weight is 509 g/mol. The molecule has 146 valence electrons. The van der Waals surface area contributed by atoms with E-state index in [1.165, 1.54) is 12.1 Å². The highest BCUT2D eigenvalue weighted by molar-refractivity contribution is 9.10. The van der Waals surface area contributed by atoms with E-state index in [0.29, 0.717) is 24.7 Å². The molecule has 1 N–H and O–H groups in total. The summed E-state index contributed by atoms with van der Waals surface area (Å²) < 4.78 is 26.9. The number of nitrogens with one attached hydrogen (secondary N) is 1. The molecule has 0 aliphatic rings. The third-order valence-corrected chi connectivity index (χ3v) is 5.10. The van der Waals surface area contributed by atoms with Gasteiger partial charge >= 0.3 is 0 Å². The molecule has 0 bridgehead atoms. The van der Waals surface area contributed by atoms with Gasteiger partial charge in [-0.3, -0.25) is 0 Å². The molecule has 0 saturated carbocycles. The molecule has 3 nitrogen and oxygen atoms in total. The summed E-state index contributed by atoms with van der Waals surface area (Å²) in [6.45, 7) is 3.35. The van der Waals surface area contributed by atoms with Gasteiger partial charge in [0, 0.05) is 16.7 Å². The molecule has 0 aromatic heterocycles. The highest BCUT2D eigenvalue weighted by atomic mass is 79.9. The summed E-state index contributed by atoms with van der Waals surface area (Å²) in [5.74, 6) is 0.985. The van der Waals surface area contributed by atoms with Gasteiger partial charge in [-0.15, -0.1) is 0 Å². The van der Waals surface area contributed by atoms with E-state index in [1.807, 2.05) is 49.4 Å². The summed E-state index contributed by atoms with van der Waals surface area (Å²) in [5.41, 5.74) is 2.84. The molecular weight excluding hydrogens is 489 g/mol. The standard InChI is InChI=1S/C22H20Br2FNO2/c1-2-27-21-12-16(13-26-19-8-6-17(23)7-9-19)11-20(24)22(21)28-14-15-4-3-5-18(25)10-15/h3-12,26H,2,13-14H2,1H3. The number of ether oxygens (including phenoxy) is 2. The Hall–Kier alpha value is -2.05. The van der Waals surface area contributed by atoms with E-state index >= 15 is 0 Å². The van der Waals surface area contributed by atoms with Crippen molar-refractivity contribution in [1.82, 2.24) is 0 Å². The third kappa shape index (κ3) is 5.72. The van der Waals surface area contributed by atoms with Crippen LogP contribution in [0.4, 0.5) is 10.1 Å². The van der Waals surface area contributed by atoms with Crippen molar-refractivity contribution >= 4 is 37.5 Å². The Bertz CT molecular complexity index is 932. The van der Waals surface area contributed by atoms with E-state index in [4.69, 9.17) is 9.47 Å². The minimum Gasteiger partial charge on any atom is -0.490 e. The monoisotopic (exact) mass is 507 g/mol. The molecule has 0 atom stereocenters. The maximum Gasteiger partial charge on any atom is 0.175 e. The Kier molecular flexibility index (Phi) is 7.34. The van der Waals surface area contributed by atoms with Crippen LogP contribution in [0.5, 0.6) is 11.5 Å². The van der Waals surface area contributed by atoms with E-state index in [9.17, 15) is 4.39 Å². The van der Waals surface area contributed by atoms with E-state index < -0.39 is 0 Å². The maximum atomic E-state index is 13.4. The molecule has 0 spiro atoms. The van der Waals surface area contributed by atoms with Crippen molar-refractivity contribution in [3.8, 4) is 11.5 Å². The fourth-order valence-corrected chi connectivity index (χ4v) is 3.55. The van der Waals surface area contributed by atoms with Crippen LogP contribution < -0.4 is 14.8 Å². The molecule has 0 aliphatic carbocycles. The molecule has 0 aliphatic heterocycles. The molecule has 0 amide bonds. The van der Waals surface area contributed by atoms with Gasteiger partial charge in [0.25, 0.3) is 0 Å². The first-order valence-corrected chi connectivity index (χ1v) is 10.5. The topological polar surface area (TPSA) is 30.5 Å². The second-order valence-electron chi connectivity index (χ2n) is 6.12. The lowest BCUT2D eigenvalue weighted by atomic mass is 10.2. The quantitative estimate of drug-likeness (QED) is 0.357. The van der Waals surface area contributed by atoms with Gasteiger partial charge in [0.2, 0.25) is 0 Å². The second-order valence-corrected chi connectivity index (χ2v) is 7.89. The lowest BCUT2D eigenvalue weighted by Crippen LogP contribution is -2.04. The number of rotatable bonds is 8. The SMILES string of the molecule is CCOc1cc(CNc2ccc(Br)cc2)cc(Br)c1OCc1cccc(F)c1. The van der Waals surface area contributed by atoms with Crippen molar-refractivity contribution in [1.29, 1.82) is 0 Å². The Balaban J connectivity index is 1.74. The predicted octanol–water partition coefficient (Wildman–Crippen LogP) is 6.94. The van der Waals surface area contributed by atoms with E-state index in [2.05, 4.69) is 37.2 Å². The summed E-state index contributed by atoms with van der Waals surface area (Å²) in [7, 11) is 0. The molecule has 0 heterocycles. The molecule has 3 aromatic carbocycles.